The van der Waals surface area contributed by atoms with E-state index in [2.05, 4.69) is 5.43 Å². The quantitative estimate of drug-likeness (QED) is 0.272. The molecule has 0 radical (unpaired) electrons. The van der Waals surface area contributed by atoms with E-state index in [4.69, 9.17) is 15.8 Å². The van der Waals surface area contributed by atoms with E-state index in [1.165, 1.54) is 5.48 Å². The molecule has 0 saturated carbocycles. The molecule has 1 rings (SSSR count). The van der Waals surface area contributed by atoms with E-state index in [9.17, 15) is 9.90 Å². The first-order valence-electron chi connectivity index (χ1n) is 6.85. The van der Waals surface area contributed by atoms with Crippen molar-refractivity contribution >= 4 is 5.91 Å². The molecular formula is C14H23N3O4. The lowest BCUT2D eigenvalue weighted by molar-refractivity contribution is -0.132. The van der Waals surface area contributed by atoms with Gasteiger partial charge in [0, 0.05) is 6.42 Å². The van der Waals surface area contributed by atoms with Crippen molar-refractivity contribution in [2.24, 2.45) is 5.84 Å². The Morgan fingerprint density at radius 1 is 1.48 bits per heavy atom. The van der Waals surface area contributed by atoms with Crippen molar-refractivity contribution in [3.63, 3.8) is 0 Å². The van der Waals surface area contributed by atoms with Crippen molar-refractivity contribution in [1.82, 2.24) is 10.9 Å². The van der Waals surface area contributed by atoms with Crippen LogP contribution in [0.5, 0.6) is 5.75 Å². The summed E-state index contributed by atoms with van der Waals surface area (Å²) in [7, 11) is 0. The van der Waals surface area contributed by atoms with E-state index in [-0.39, 0.29) is 6.42 Å². The van der Waals surface area contributed by atoms with E-state index in [1.807, 2.05) is 13.8 Å². The SMILES string of the molecule is CCCOc1ccc(C(O)CC(NN)C(=O)NO)cc1C. The van der Waals surface area contributed by atoms with Crippen molar-refractivity contribution < 1.29 is 19.8 Å². The van der Waals surface area contributed by atoms with Crippen LogP contribution in [0.15, 0.2) is 18.2 Å². The average molecular weight is 297 g/mol. The monoisotopic (exact) mass is 297 g/mol. The first-order valence-corrected chi connectivity index (χ1v) is 6.85. The summed E-state index contributed by atoms with van der Waals surface area (Å²) in [5, 5.41) is 18.7. The van der Waals surface area contributed by atoms with Gasteiger partial charge in [0.15, 0.2) is 0 Å². The number of hydrogen-bond donors (Lipinski definition) is 5. The Morgan fingerprint density at radius 3 is 2.71 bits per heavy atom. The number of hydrazine groups is 1. The third-order valence-corrected chi connectivity index (χ3v) is 3.13. The van der Waals surface area contributed by atoms with Crippen molar-refractivity contribution in [1.29, 1.82) is 0 Å². The van der Waals surface area contributed by atoms with Gasteiger partial charge in [-0.25, -0.2) is 10.9 Å². The number of nitrogens with two attached hydrogens (primary N) is 1. The average Bonchev–Trinajstić information content (AvgIpc) is 2.50. The predicted octanol–water partition coefficient (Wildman–Crippen LogP) is 0.545. The molecule has 2 unspecified atom stereocenters. The summed E-state index contributed by atoms with van der Waals surface area (Å²) >= 11 is 0. The molecule has 7 nitrogen and oxygen atoms in total. The Bertz CT molecular complexity index is 468. The van der Waals surface area contributed by atoms with E-state index in [1.54, 1.807) is 18.2 Å². The second-order valence-corrected chi connectivity index (χ2v) is 4.82. The number of aliphatic hydroxyl groups is 1. The fraction of sp³-hybridized carbons (Fsp3) is 0.500. The molecule has 1 aromatic carbocycles. The number of carbonyl (C=O) groups is 1. The lowest BCUT2D eigenvalue weighted by Crippen LogP contribution is -2.47. The standard InChI is InChI=1S/C14H23N3O4/c1-3-6-21-13-5-4-10(7-9(13)2)12(18)8-11(16-15)14(19)17-20/h4-5,7,11-12,16,18,20H,3,6,8,15H2,1-2H3,(H,17,19). The van der Waals surface area contributed by atoms with Crippen LogP contribution < -0.4 is 21.5 Å². The molecule has 0 aliphatic carbocycles. The molecule has 0 aromatic heterocycles. The molecule has 0 heterocycles. The highest BCUT2D eigenvalue weighted by molar-refractivity contribution is 5.80. The topological polar surface area (TPSA) is 117 Å². The van der Waals surface area contributed by atoms with E-state index < -0.39 is 18.1 Å². The molecule has 21 heavy (non-hydrogen) atoms. The molecule has 2 atom stereocenters. The van der Waals surface area contributed by atoms with Gasteiger partial charge in [0.2, 0.25) is 0 Å². The molecule has 1 aromatic rings. The molecule has 1 amide bonds. The summed E-state index contributed by atoms with van der Waals surface area (Å²) in [4.78, 5) is 11.3. The first kappa shape index (κ1) is 17.4. The van der Waals surface area contributed by atoms with Crippen LogP contribution in [0.3, 0.4) is 0 Å². The number of amides is 1. The molecule has 0 saturated heterocycles. The fourth-order valence-electron chi connectivity index (χ4n) is 1.94. The molecular weight excluding hydrogens is 274 g/mol. The van der Waals surface area contributed by atoms with Gasteiger partial charge in [0.25, 0.3) is 5.91 Å². The Balaban J connectivity index is 2.76. The molecule has 0 bridgehead atoms. The Kier molecular flexibility index (Phi) is 7.10. The Hall–Kier alpha value is -1.67. The molecule has 6 N–H and O–H groups in total. The lowest BCUT2D eigenvalue weighted by atomic mass is 10.00. The number of aliphatic hydroxyl groups excluding tert-OH is 1. The summed E-state index contributed by atoms with van der Waals surface area (Å²) < 4.78 is 5.57. The number of rotatable bonds is 8. The molecule has 0 fully saturated rings. The summed E-state index contributed by atoms with van der Waals surface area (Å²) in [6.07, 6.45) is 0.0730. The highest BCUT2D eigenvalue weighted by atomic mass is 16.5. The second kappa shape index (κ2) is 8.58. The van der Waals surface area contributed by atoms with Crippen molar-refractivity contribution in [2.75, 3.05) is 6.61 Å². The van der Waals surface area contributed by atoms with Gasteiger partial charge >= 0.3 is 0 Å². The van der Waals surface area contributed by atoms with Crippen LogP contribution in [-0.2, 0) is 4.79 Å². The van der Waals surface area contributed by atoms with Gasteiger partial charge in [-0.2, -0.15) is 0 Å². The Labute approximate surface area is 124 Å². The predicted molar refractivity (Wildman–Crippen MR) is 77.6 cm³/mol. The molecule has 0 spiro atoms. The van der Waals surface area contributed by atoms with Gasteiger partial charge in [-0.15, -0.1) is 0 Å². The molecule has 0 aliphatic heterocycles. The van der Waals surface area contributed by atoms with Crippen molar-refractivity contribution in [3.05, 3.63) is 29.3 Å². The number of hydroxylamine groups is 1. The van der Waals surface area contributed by atoms with Gasteiger partial charge in [0.1, 0.15) is 11.8 Å². The second-order valence-electron chi connectivity index (χ2n) is 4.82. The minimum Gasteiger partial charge on any atom is -0.493 e. The number of ether oxygens (including phenoxy) is 1. The Morgan fingerprint density at radius 2 is 2.19 bits per heavy atom. The van der Waals surface area contributed by atoms with Crippen LogP contribution in [-0.4, -0.2) is 28.9 Å². The zero-order valence-electron chi connectivity index (χ0n) is 12.3. The minimum atomic E-state index is -0.888. The van der Waals surface area contributed by atoms with E-state index >= 15 is 0 Å². The fourth-order valence-corrected chi connectivity index (χ4v) is 1.94. The normalized spacial score (nSPS) is 13.6. The highest BCUT2D eigenvalue weighted by Gasteiger charge is 2.21. The van der Waals surface area contributed by atoms with Crippen LogP contribution in [0.2, 0.25) is 0 Å². The number of hydrogen-bond acceptors (Lipinski definition) is 6. The van der Waals surface area contributed by atoms with Crippen LogP contribution in [0.4, 0.5) is 0 Å². The number of carbonyl (C=O) groups excluding carboxylic acids is 1. The molecule has 0 aliphatic rings. The summed E-state index contributed by atoms with van der Waals surface area (Å²) in [6.45, 7) is 4.55. The largest absolute Gasteiger partial charge is 0.493 e. The van der Waals surface area contributed by atoms with Crippen LogP contribution in [0, 0.1) is 6.92 Å². The number of benzene rings is 1. The van der Waals surface area contributed by atoms with Gasteiger partial charge in [-0.1, -0.05) is 13.0 Å². The molecule has 118 valence electrons. The van der Waals surface area contributed by atoms with Gasteiger partial charge in [-0.05, 0) is 36.6 Å². The maximum Gasteiger partial charge on any atom is 0.261 e. The van der Waals surface area contributed by atoms with Crippen LogP contribution in [0.25, 0.3) is 0 Å². The summed E-state index contributed by atoms with van der Waals surface area (Å²) in [5.41, 5.74) is 5.32. The summed E-state index contributed by atoms with van der Waals surface area (Å²) in [5.74, 6) is 5.31. The lowest BCUT2D eigenvalue weighted by Gasteiger charge is -2.19. The third kappa shape index (κ3) is 4.98. The third-order valence-electron chi connectivity index (χ3n) is 3.13. The molecule has 7 heteroatoms. The van der Waals surface area contributed by atoms with Gasteiger partial charge < -0.3 is 9.84 Å². The van der Waals surface area contributed by atoms with Gasteiger partial charge in [0.05, 0.1) is 12.7 Å². The minimum absolute atomic E-state index is 0.0392. The van der Waals surface area contributed by atoms with Gasteiger partial charge in [-0.3, -0.25) is 15.8 Å². The zero-order valence-corrected chi connectivity index (χ0v) is 12.3. The highest BCUT2D eigenvalue weighted by Crippen LogP contribution is 2.25. The zero-order chi connectivity index (χ0) is 15.8. The van der Waals surface area contributed by atoms with E-state index in [0.717, 1.165) is 17.7 Å². The number of aryl methyl sites for hydroxylation is 1. The van der Waals surface area contributed by atoms with Crippen LogP contribution in [0.1, 0.15) is 37.0 Å². The van der Waals surface area contributed by atoms with Crippen molar-refractivity contribution in [3.8, 4) is 5.75 Å². The van der Waals surface area contributed by atoms with E-state index in [0.29, 0.717) is 12.2 Å². The summed E-state index contributed by atoms with van der Waals surface area (Å²) in [6, 6.07) is 4.45. The maximum atomic E-state index is 11.3. The van der Waals surface area contributed by atoms with Crippen LogP contribution >= 0.6 is 0 Å². The first-order chi connectivity index (χ1) is 10.0. The smallest absolute Gasteiger partial charge is 0.261 e. The van der Waals surface area contributed by atoms with Crippen molar-refractivity contribution in [2.45, 2.75) is 38.8 Å². The maximum absolute atomic E-state index is 11.3. The number of nitrogens with one attached hydrogen (secondary N) is 2.